The van der Waals surface area contributed by atoms with Crippen LogP contribution in [-0.4, -0.2) is 37.5 Å². The van der Waals surface area contributed by atoms with Gasteiger partial charge in [-0.05, 0) is 59.9 Å². The Kier molecular flexibility index (Phi) is 4.05. The Morgan fingerprint density at radius 3 is 2.39 bits per heavy atom. The van der Waals surface area contributed by atoms with Crippen molar-refractivity contribution in [2.75, 3.05) is 20.3 Å². The van der Waals surface area contributed by atoms with Crippen LogP contribution >= 0.6 is 0 Å². The fourth-order valence-corrected chi connectivity index (χ4v) is 3.98. The average Bonchev–Trinajstić information content (AvgIpc) is 2.50. The molecule has 1 N–H and O–H groups in total. The van der Waals surface area contributed by atoms with Crippen molar-refractivity contribution >= 4 is 0 Å². The Bertz CT molecular complexity index is 282. The lowest BCUT2D eigenvalue weighted by Gasteiger charge is -2.38. The molecule has 0 radical (unpaired) electrons. The SMILES string of the molecule is CNC(C1CCCOC1)C1CC(C)(C)OC1(C)C. The summed E-state index contributed by atoms with van der Waals surface area (Å²) in [5, 5.41) is 3.55. The van der Waals surface area contributed by atoms with Crippen LogP contribution in [0, 0.1) is 11.8 Å². The Morgan fingerprint density at radius 1 is 1.22 bits per heavy atom. The van der Waals surface area contributed by atoms with Crippen LogP contribution in [0.25, 0.3) is 0 Å². The predicted molar refractivity (Wildman–Crippen MR) is 73.7 cm³/mol. The van der Waals surface area contributed by atoms with E-state index in [0.29, 0.717) is 17.9 Å². The summed E-state index contributed by atoms with van der Waals surface area (Å²) in [4.78, 5) is 0. The maximum absolute atomic E-state index is 6.24. The maximum Gasteiger partial charge on any atom is 0.0677 e. The largest absolute Gasteiger partial charge is 0.381 e. The van der Waals surface area contributed by atoms with Crippen LogP contribution in [-0.2, 0) is 9.47 Å². The van der Waals surface area contributed by atoms with Crippen molar-refractivity contribution in [1.29, 1.82) is 0 Å². The van der Waals surface area contributed by atoms with E-state index in [0.717, 1.165) is 19.6 Å². The Labute approximate surface area is 112 Å². The maximum atomic E-state index is 6.24. The highest BCUT2D eigenvalue weighted by Gasteiger charge is 2.50. The lowest BCUT2D eigenvalue weighted by atomic mass is 9.75. The van der Waals surface area contributed by atoms with Crippen LogP contribution in [0.2, 0.25) is 0 Å². The standard InChI is InChI=1S/C15H29NO2/c1-14(2)9-12(15(3,4)18-14)13(16-5)11-7-6-8-17-10-11/h11-13,16H,6-10H2,1-5H3. The molecule has 0 aromatic heterocycles. The zero-order valence-electron chi connectivity index (χ0n) is 12.6. The van der Waals surface area contributed by atoms with Crippen molar-refractivity contribution in [2.45, 2.75) is 64.2 Å². The smallest absolute Gasteiger partial charge is 0.0677 e. The van der Waals surface area contributed by atoms with Crippen molar-refractivity contribution in [3.63, 3.8) is 0 Å². The average molecular weight is 255 g/mol. The number of hydrogen-bond donors (Lipinski definition) is 1. The third-order valence-electron chi connectivity index (χ3n) is 4.61. The predicted octanol–water partition coefficient (Wildman–Crippen LogP) is 2.59. The van der Waals surface area contributed by atoms with Crippen LogP contribution in [0.5, 0.6) is 0 Å². The summed E-state index contributed by atoms with van der Waals surface area (Å²) in [6.45, 7) is 10.7. The molecule has 0 bridgehead atoms. The molecule has 0 aliphatic carbocycles. The molecule has 3 nitrogen and oxygen atoms in total. The third kappa shape index (κ3) is 2.89. The van der Waals surface area contributed by atoms with Gasteiger partial charge in [0.15, 0.2) is 0 Å². The molecule has 2 saturated heterocycles. The summed E-state index contributed by atoms with van der Waals surface area (Å²) in [6, 6.07) is 0.502. The van der Waals surface area contributed by atoms with E-state index in [1.54, 1.807) is 0 Å². The minimum atomic E-state index is -0.0470. The summed E-state index contributed by atoms with van der Waals surface area (Å²) in [6.07, 6.45) is 3.60. The monoisotopic (exact) mass is 255 g/mol. The second-order valence-electron chi connectivity index (χ2n) is 7.07. The Balaban J connectivity index is 2.11. The molecule has 18 heavy (non-hydrogen) atoms. The van der Waals surface area contributed by atoms with Gasteiger partial charge in [-0.2, -0.15) is 0 Å². The molecule has 2 rings (SSSR count). The van der Waals surface area contributed by atoms with Crippen LogP contribution < -0.4 is 5.32 Å². The molecule has 2 fully saturated rings. The summed E-state index contributed by atoms with van der Waals surface area (Å²) < 4.78 is 11.9. The van der Waals surface area contributed by atoms with Gasteiger partial charge in [-0.3, -0.25) is 0 Å². The van der Waals surface area contributed by atoms with Gasteiger partial charge >= 0.3 is 0 Å². The van der Waals surface area contributed by atoms with Crippen molar-refractivity contribution in [3.8, 4) is 0 Å². The summed E-state index contributed by atoms with van der Waals surface area (Å²) >= 11 is 0. The van der Waals surface area contributed by atoms with E-state index < -0.39 is 0 Å². The topological polar surface area (TPSA) is 30.5 Å². The van der Waals surface area contributed by atoms with Gasteiger partial charge in [0.2, 0.25) is 0 Å². The van der Waals surface area contributed by atoms with Crippen molar-refractivity contribution in [1.82, 2.24) is 5.32 Å². The van der Waals surface area contributed by atoms with Gasteiger partial charge in [0, 0.05) is 18.6 Å². The minimum absolute atomic E-state index is 0.00120. The molecular formula is C15H29NO2. The molecule has 0 spiro atoms. The fraction of sp³-hybridized carbons (Fsp3) is 1.00. The van der Waals surface area contributed by atoms with Crippen LogP contribution in [0.1, 0.15) is 47.0 Å². The zero-order valence-corrected chi connectivity index (χ0v) is 12.6. The minimum Gasteiger partial charge on any atom is -0.381 e. The van der Waals surface area contributed by atoms with Gasteiger partial charge in [0.1, 0.15) is 0 Å². The fourth-order valence-electron chi connectivity index (χ4n) is 3.98. The highest BCUT2D eigenvalue weighted by Crippen LogP contribution is 2.45. The molecule has 2 aliphatic rings. The van der Waals surface area contributed by atoms with E-state index in [2.05, 4.69) is 40.1 Å². The van der Waals surface area contributed by atoms with Gasteiger partial charge in [0.25, 0.3) is 0 Å². The van der Waals surface area contributed by atoms with E-state index >= 15 is 0 Å². The van der Waals surface area contributed by atoms with E-state index in [1.165, 1.54) is 12.8 Å². The summed E-state index contributed by atoms with van der Waals surface area (Å²) in [5.74, 6) is 1.19. The Morgan fingerprint density at radius 2 is 1.94 bits per heavy atom. The molecule has 2 heterocycles. The first-order valence-electron chi connectivity index (χ1n) is 7.31. The van der Waals surface area contributed by atoms with Gasteiger partial charge in [-0.25, -0.2) is 0 Å². The van der Waals surface area contributed by atoms with Crippen molar-refractivity contribution in [2.24, 2.45) is 11.8 Å². The molecule has 3 heteroatoms. The van der Waals surface area contributed by atoms with E-state index in [1.807, 2.05) is 0 Å². The lowest BCUT2D eigenvalue weighted by molar-refractivity contribution is -0.0823. The summed E-state index contributed by atoms with van der Waals surface area (Å²) in [7, 11) is 2.08. The van der Waals surface area contributed by atoms with E-state index in [9.17, 15) is 0 Å². The normalized spacial score (nSPS) is 36.5. The van der Waals surface area contributed by atoms with Gasteiger partial charge in [0.05, 0.1) is 17.8 Å². The quantitative estimate of drug-likeness (QED) is 0.841. The molecular weight excluding hydrogens is 226 g/mol. The molecule has 2 aliphatic heterocycles. The number of hydrogen-bond acceptors (Lipinski definition) is 3. The van der Waals surface area contributed by atoms with Crippen molar-refractivity contribution in [3.05, 3.63) is 0 Å². The Hall–Kier alpha value is -0.120. The highest BCUT2D eigenvalue weighted by atomic mass is 16.5. The first-order chi connectivity index (χ1) is 8.36. The van der Waals surface area contributed by atoms with Gasteiger partial charge in [-0.15, -0.1) is 0 Å². The van der Waals surface area contributed by atoms with E-state index in [-0.39, 0.29) is 11.2 Å². The molecule has 3 unspecified atom stereocenters. The first-order valence-corrected chi connectivity index (χ1v) is 7.31. The summed E-state index contributed by atoms with van der Waals surface area (Å²) in [5.41, 5.74) is -0.0482. The molecule has 0 saturated carbocycles. The van der Waals surface area contributed by atoms with E-state index in [4.69, 9.17) is 9.47 Å². The molecule has 106 valence electrons. The van der Waals surface area contributed by atoms with Crippen LogP contribution in [0.4, 0.5) is 0 Å². The number of ether oxygens (including phenoxy) is 2. The molecule has 0 aromatic carbocycles. The molecule has 0 aromatic rings. The first kappa shape index (κ1) is 14.3. The molecule has 0 amide bonds. The third-order valence-corrected chi connectivity index (χ3v) is 4.61. The van der Waals surface area contributed by atoms with Crippen molar-refractivity contribution < 1.29 is 9.47 Å². The van der Waals surface area contributed by atoms with Crippen LogP contribution in [0.3, 0.4) is 0 Å². The second-order valence-corrected chi connectivity index (χ2v) is 7.07. The number of rotatable bonds is 3. The highest BCUT2D eigenvalue weighted by molar-refractivity contribution is 5.01. The molecule has 3 atom stereocenters. The second kappa shape index (κ2) is 5.10. The van der Waals surface area contributed by atoms with Gasteiger partial charge in [-0.1, -0.05) is 0 Å². The zero-order chi connectivity index (χ0) is 13.4. The van der Waals surface area contributed by atoms with Crippen LogP contribution in [0.15, 0.2) is 0 Å². The van der Waals surface area contributed by atoms with Gasteiger partial charge < -0.3 is 14.8 Å². The number of nitrogens with one attached hydrogen (secondary N) is 1. The lowest BCUT2D eigenvalue weighted by Crippen LogP contribution is -2.49.